The van der Waals surface area contributed by atoms with E-state index in [0.29, 0.717) is 4.88 Å². The maximum Gasteiger partial charge on any atom is 0.348 e. The van der Waals surface area contributed by atoms with Gasteiger partial charge in [-0.15, -0.1) is 11.3 Å². The van der Waals surface area contributed by atoms with E-state index < -0.39 is 0 Å². The van der Waals surface area contributed by atoms with Gasteiger partial charge in [-0.2, -0.15) is 0 Å². The lowest BCUT2D eigenvalue weighted by Crippen LogP contribution is -2.35. The molecule has 2 heterocycles. The first-order valence-electron chi connectivity index (χ1n) is 4.82. The molecule has 1 aliphatic heterocycles. The highest BCUT2D eigenvalue weighted by Crippen LogP contribution is 2.26. The number of nitrogens with zero attached hydrogens (tertiary/aromatic N) is 1. The van der Waals surface area contributed by atoms with E-state index in [1.54, 1.807) is 6.07 Å². The number of methoxy groups -OCH3 is 1. The number of carbonyl (C=O) groups is 1. The largest absolute Gasteiger partial charge is 0.465 e. The molecule has 0 aliphatic carbocycles. The molecule has 1 aromatic rings. The predicted molar refractivity (Wildman–Crippen MR) is 58.7 cm³/mol. The van der Waals surface area contributed by atoms with Crippen molar-refractivity contribution in [3.8, 4) is 0 Å². The molecule has 0 radical (unpaired) electrons. The molecule has 0 amide bonds. The monoisotopic (exact) mass is 227 g/mol. The van der Waals surface area contributed by atoms with Crippen LogP contribution in [0.1, 0.15) is 9.67 Å². The topological polar surface area (TPSA) is 38.8 Å². The van der Waals surface area contributed by atoms with Crippen molar-refractivity contribution in [2.75, 3.05) is 38.3 Å². The summed E-state index contributed by atoms with van der Waals surface area (Å²) in [6.45, 7) is 3.29. The molecule has 0 atom stereocenters. The van der Waals surface area contributed by atoms with E-state index in [9.17, 15) is 4.79 Å². The smallest absolute Gasteiger partial charge is 0.348 e. The van der Waals surface area contributed by atoms with E-state index in [-0.39, 0.29) is 5.97 Å². The number of hydrogen-bond acceptors (Lipinski definition) is 5. The first-order valence-corrected chi connectivity index (χ1v) is 5.64. The zero-order valence-electron chi connectivity index (χ0n) is 8.56. The van der Waals surface area contributed by atoms with Gasteiger partial charge in [-0.3, -0.25) is 0 Å². The van der Waals surface area contributed by atoms with Crippen LogP contribution in [0.3, 0.4) is 0 Å². The summed E-state index contributed by atoms with van der Waals surface area (Å²) in [6, 6.07) is 3.77. The molecule has 0 bridgehead atoms. The van der Waals surface area contributed by atoms with E-state index in [1.165, 1.54) is 18.4 Å². The summed E-state index contributed by atoms with van der Waals surface area (Å²) < 4.78 is 9.93. The van der Waals surface area contributed by atoms with Gasteiger partial charge >= 0.3 is 5.97 Å². The number of rotatable bonds is 2. The summed E-state index contributed by atoms with van der Waals surface area (Å²) in [5.74, 6) is -0.264. The third-order valence-electron chi connectivity index (χ3n) is 2.30. The Kier molecular flexibility index (Phi) is 3.23. The molecule has 0 unspecified atom stereocenters. The van der Waals surface area contributed by atoms with Crippen molar-refractivity contribution < 1.29 is 14.3 Å². The van der Waals surface area contributed by atoms with Gasteiger partial charge in [0.25, 0.3) is 0 Å². The Hall–Kier alpha value is -1.07. The zero-order valence-corrected chi connectivity index (χ0v) is 9.38. The average molecular weight is 227 g/mol. The normalized spacial score (nSPS) is 16.5. The minimum absolute atomic E-state index is 0.264. The van der Waals surface area contributed by atoms with Gasteiger partial charge in [-0.05, 0) is 12.1 Å². The first-order chi connectivity index (χ1) is 7.31. The van der Waals surface area contributed by atoms with E-state index >= 15 is 0 Å². The SMILES string of the molecule is COC(=O)c1ccc(N2CCOCC2)s1. The number of carbonyl (C=O) groups excluding carboxylic acids is 1. The van der Waals surface area contributed by atoms with Crippen LogP contribution in [0.25, 0.3) is 0 Å². The molecule has 15 heavy (non-hydrogen) atoms. The Morgan fingerprint density at radius 1 is 1.47 bits per heavy atom. The molecule has 0 spiro atoms. The Bertz CT molecular complexity index is 344. The number of ether oxygens (including phenoxy) is 2. The summed E-state index contributed by atoms with van der Waals surface area (Å²) in [5, 5.41) is 1.11. The fourth-order valence-electron chi connectivity index (χ4n) is 1.49. The van der Waals surface area contributed by atoms with Crippen LogP contribution in [-0.2, 0) is 9.47 Å². The van der Waals surface area contributed by atoms with Crippen LogP contribution in [0.15, 0.2) is 12.1 Å². The van der Waals surface area contributed by atoms with Crippen molar-refractivity contribution in [2.45, 2.75) is 0 Å². The minimum Gasteiger partial charge on any atom is -0.465 e. The van der Waals surface area contributed by atoms with Gasteiger partial charge in [0, 0.05) is 13.1 Å². The minimum atomic E-state index is -0.264. The highest BCUT2D eigenvalue weighted by molar-refractivity contribution is 7.17. The van der Waals surface area contributed by atoms with Crippen molar-refractivity contribution in [1.82, 2.24) is 0 Å². The Morgan fingerprint density at radius 3 is 2.87 bits per heavy atom. The van der Waals surface area contributed by atoms with Crippen LogP contribution in [0, 0.1) is 0 Å². The second kappa shape index (κ2) is 4.63. The van der Waals surface area contributed by atoms with Crippen LogP contribution in [0.2, 0.25) is 0 Å². The average Bonchev–Trinajstić information content (AvgIpc) is 2.78. The van der Waals surface area contributed by atoms with Crippen molar-refractivity contribution in [3.63, 3.8) is 0 Å². The van der Waals surface area contributed by atoms with Crippen LogP contribution in [0.4, 0.5) is 5.00 Å². The molecule has 5 heteroatoms. The molecule has 1 saturated heterocycles. The maximum absolute atomic E-state index is 11.3. The molecule has 4 nitrogen and oxygen atoms in total. The number of thiophene rings is 1. The van der Waals surface area contributed by atoms with Crippen molar-refractivity contribution in [1.29, 1.82) is 0 Å². The van der Waals surface area contributed by atoms with Crippen molar-refractivity contribution in [2.24, 2.45) is 0 Å². The third-order valence-corrected chi connectivity index (χ3v) is 3.43. The molecule has 0 aromatic carbocycles. The number of anilines is 1. The second-order valence-electron chi connectivity index (χ2n) is 3.23. The van der Waals surface area contributed by atoms with Gasteiger partial charge in [0.2, 0.25) is 0 Å². The molecular formula is C10H13NO3S. The second-order valence-corrected chi connectivity index (χ2v) is 4.29. The summed E-state index contributed by atoms with van der Waals surface area (Å²) >= 11 is 1.47. The van der Waals surface area contributed by atoms with Crippen molar-refractivity contribution >= 4 is 22.3 Å². The van der Waals surface area contributed by atoms with E-state index in [0.717, 1.165) is 31.3 Å². The van der Waals surface area contributed by atoms with E-state index in [4.69, 9.17) is 4.74 Å². The Labute approximate surface area is 92.4 Å². The third kappa shape index (κ3) is 2.30. The summed E-state index contributed by atoms with van der Waals surface area (Å²) in [6.07, 6.45) is 0. The molecule has 0 saturated carbocycles. The summed E-state index contributed by atoms with van der Waals surface area (Å²) in [7, 11) is 1.40. The molecule has 0 N–H and O–H groups in total. The standard InChI is InChI=1S/C10H13NO3S/c1-13-10(12)8-2-3-9(15-8)11-4-6-14-7-5-11/h2-3H,4-7H2,1H3. The summed E-state index contributed by atoms with van der Waals surface area (Å²) in [4.78, 5) is 14.1. The Morgan fingerprint density at radius 2 is 2.20 bits per heavy atom. The molecular weight excluding hydrogens is 214 g/mol. The molecule has 1 fully saturated rings. The summed E-state index contributed by atoms with van der Waals surface area (Å²) in [5.41, 5.74) is 0. The van der Waals surface area contributed by atoms with E-state index in [2.05, 4.69) is 9.64 Å². The lowest BCUT2D eigenvalue weighted by atomic mass is 10.4. The van der Waals surface area contributed by atoms with Gasteiger partial charge in [0.1, 0.15) is 4.88 Å². The lowest BCUT2D eigenvalue weighted by molar-refractivity contribution is 0.0606. The van der Waals surface area contributed by atoms with Crippen LogP contribution in [0.5, 0.6) is 0 Å². The quantitative estimate of drug-likeness (QED) is 0.715. The Balaban J connectivity index is 2.08. The zero-order chi connectivity index (χ0) is 10.7. The van der Waals surface area contributed by atoms with Gasteiger partial charge in [0.05, 0.1) is 25.3 Å². The fraction of sp³-hybridized carbons (Fsp3) is 0.500. The molecule has 1 aromatic heterocycles. The fourth-order valence-corrected chi connectivity index (χ4v) is 2.47. The lowest BCUT2D eigenvalue weighted by Gasteiger charge is -2.27. The van der Waals surface area contributed by atoms with Gasteiger partial charge in [0.15, 0.2) is 0 Å². The highest BCUT2D eigenvalue weighted by atomic mass is 32.1. The predicted octanol–water partition coefficient (Wildman–Crippen LogP) is 1.37. The number of hydrogen-bond donors (Lipinski definition) is 0. The molecule has 1 aliphatic rings. The van der Waals surface area contributed by atoms with Crippen LogP contribution >= 0.6 is 11.3 Å². The highest BCUT2D eigenvalue weighted by Gasteiger charge is 2.15. The van der Waals surface area contributed by atoms with E-state index in [1.807, 2.05) is 6.07 Å². The van der Waals surface area contributed by atoms with Gasteiger partial charge in [-0.1, -0.05) is 0 Å². The van der Waals surface area contributed by atoms with Crippen LogP contribution in [-0.4, -0.2) is 39.4 Å². The number of morpholine rings is 1. The van der Waals surface area contributed by atoms with Crippen molar-refractivity contribution in [3.05, 3.63) is 17.0 Å². The number of esters is 1. The van der Waals surface area contributed by atoms with Gasteiger partial charge in [-0.25, -0.2) is 4.79 Å². The molecule has 82 valence electrons. The van der Waals surface area contributed by atoms with Crippen LogP contribution < -0.4 is 4.90 Å². The van der Waals surface area contributed by atoms with Gasteiger partial charge < -0.3 is 14.4 Å². The first kappa shape index (κ1) is 10.4. The molecule has 2 rings (SSSR count). The maximum atomic E-state index is 11.3.